The molecule has 55 heavy (non-hydrogen) atoms. The summed E-state index contributed by atoms with van der Waals surface area (Å²) in [6, 6.07) is 22.5. The highest BCUT2D eigenvalue weighted by molar-refractivity contribution is 7.94. The number of benzene rings is 3. The molecular formula is C41H58N8O5S. The normalized spacial score (nSPS) is 13.5. The fourth-order valence-electron chi connectivity index (χ4n) is 5.21. The number of piperidine rings is 1. The number of ether oxygens (including phenoxy) is 1. The van der Waals surface area contributed by atoms with Crippen molar-refractivity contribution in [1.29, 1.82) is 0 Å². The molecule has 14 heteroatoms. The van der Waals surface area contributed by atoms with Crippen molar-refractivity contribution in [3.8, 4) is 22.8 Å². The number of carbonyl (C=O) groups excluding carboxylic acids is 3. The van der Waals surface area contributed by atoms with Crippen LogP contribution in [0.25, 0.3) is 11.3 Å². The Labute approximate surface area is 329 Å². The van der Waals surface area contributed by atoms with Gasteiger partial charge in [-0.25, -0.2) is 4.68 Å². The van der Waals surface area contributed by atoms with E-state index in [2.05, 4.69) is 29.6 Å². The van der Waals surface area contributed by atoms with E-state index in [0.29, 0.717) is 53.1 Å². The number of anilines is 1. The van der Waals surface area contributed by atoms with Crippen LogP contribution in [0.5, 0.6) is 11.5 Å². The minimum absolute atomic E-state index is 0.221. The molecule has 10 N–H and O–H groups in total. The van der Waals surface area contributed by atoms with Crippen molar-refractivity contribution in [1.82, 2.24) is 20.4 Å². The lowest BCUT2D eigenvalue weighted by molar-refractivity contribution is -0.114. The van der Waals surface area contributed by atoms with Gasteiger partial charge in [-0.05, 0) is 81.9 Å². The van der Waals surface area contributed by atoms with Gasteiger partial charge in [0, 0.05) is 36.2 Å². The number of hydrogen-bond donors (Lipinski definition) is 6. The van der Waals surface area contributed by atoms with Gasteiger partial charge in [-0.1, -0.05) is 74.9 Å². The largest absolute Gasteiger partial charge is 0.496 e. The number of primary amides is 2. The summed E-state index contributed by atoms with van der Waals surface area (Å²) in [5.74, 6) is 0.890. The average Bonchev–Trinajstić information content (AvgIpc) is 3.51. The van der Waals surface area contributed by atoms with Crippen LogP contribution in [-0.4, -0.2) is 54.0 Å². The average molecular weight is 775 g/mol. The van der Waals surface area contributed by atoms with Gasteiger partial charge in [0.05, 0.1) is 24.7 Å². The molecule has 13 nitrogen and oxygen atoms in total. The third-order valence-corrected chi connectivity index (χ3v) is 8.67. The molecule has 0 bridgehead atoms. The highest BCUT2D eigenvalue weighted by Crippen LogP contribution is 2.29. The molecule has 2 heterocycles. The van der Waals surface area contributed by atoms with Crippen molar-refractivity contribution >= 4 is 35.6 Å². The summed E-state index contributed by atoms with van der Waals surface area (Å²) in [4.78, 5) is 34.9. The van der Waals surface area contributed by atoms with Crippen LogP contribution < -0.4 is 42.5 Å². The zero-order valence-corrected chi connectivity index (χ0v) is 33.9. The molecule has 1 aliphatic rings. The maximum absolute atomic E-state index is 12.5. The van der Waals surface area contributed by atoms with Crippen LogP contribution in [0.4, 0.5) is 5.82 Å². The van der Waals surface area contributed by atoms with E-state index in [1.165, 1.54) is 31.1 Å². The van der Waals surface area contributed by atoms with Crippen molar-refractivity contribution in [2.75, 3.05) is 32.2 Å². The lowest BCUT2D eigenvalue weighted by Gasteiger charge is -2.22. The van der Waals surface area contributed by atoms with Crippen LogP contribution in [0.1, 0.15) is 78.8 Å². The Bertz CT molecular complexity index is 1850. The van der Waals surface area contributed by atoms with E-state index >= 15 is 0 Å². The second kappa shape index (κ2) is 24.0. The number of aromatic nitrogens is 2. The first-order valence-electron chi connectivity index (χ1n) is 18.2. The van der Waals surface area contributed by atoms with E-state index in [1.54, 1.807) is 36.7 Å². The number of nitrogens with one attached hydrogen (secondary N) is 2. The standard InChI is InChI=1S/C25H30N6O3.C8H10OS.C5H10N2O.C3H8/c1-34-20-7-3-2-6-19(20)25(33)29-14-16-8-10-18(11-9-16)22-21(24(27)32)23(26)31(30-22)15-17-5-4-12-28-13-17;1-7-5-3-4-6-8(7)9-10-2;1-3(4(2)6)5(7)8;1-3-2/h2-3,6-11,17,28H,4-5,12-15,26H2,1H3,(H2,27,32)(H,29,33);3-6H,1-2H3;6H2,1-2H3,(H2,7,8);3H2,1-2H3/b;;4-3-;. The summed E-state index contributed by atoms with van der Waals surface area (Å²) < 4.78 is 12.2. The van der Waals surface area contributed by atoms with Gasteiger partial charge in [0.2, 0.25) is 5.91 Å². The second-order valence-electron chi connectivity index (χ2n) is 12.8. The Balaban J connectivity index is 0.000000405. The van der Waals surface area contributed by atoms with Gasteiger partial charge in [0.15, 0.2) is 0 Å². The number of carbonyl (C=O) groups is 3. The van der Waals surface area contributed by atoms with Crippen molar-refractivity contribution in [3.05, 3.63) is 106 Å². The molecule has 4 aromatic rings. The Morgan fingerprint density at radius 3 is 2.09 bits per heavy atom. The summed E-state index contributed by atoms with van der Waals surface area (Å²) in [6.07, 6.45) is 5.35. The third kappa shape index (κ3) is 14.7. The Morgan fingerprint density at radius 1 is 0.964 bits per heavy atom. The molecule has 1 aliphatic heterocycles. The minimum Gasteiger partial charge on any atom is -0.496 e. The molecule has 1 fully saturated rings. The molecule has 0 spiro atoms. The van der Waals surface area contributed by atoms with E-state index < -0.39 is 11.8 Å². The predicted octanol–water partition coefficient (Wildman–Crippen LogP) is 5.96. The first-order chi connectivity index (χ1) is 26.3. The van der Waals surface area contributed by atoms with Crippen LogP contribution in [0.3, 0.4) is 0 Å². The first-order valence-corrected chi connectivity index (χ1v) is 19.3. The molecule has 1 aromatic heterocycles. The zero-order chi connectivity index (χ0) is 40.9. The molecule has 0 saturated carbocycles. The predicted molar refractivity (Wildman–Crippen MR) is 223 cm³/mol. The molecule has 1 saturated heterocycles. The molecule has 1 unspecified atom stereocenters. The summed E-state index contributed by atoms with van der Waals surface area (Å²) in [6.45, 7) is 12.4. The lowest BCUT2D eigenvalue weighted by Crippen LogP contribution is -2.32. The highest BCUT2D eigenvalue weighted by Gasteiger charge is 2.24. The van der Waals surface area contributed by atoms with E-state index in [1.807, 2.05) is 67.8 Å². The monoisotopic (exact) mass is 774 g/mol. The third-order valence-electron chi connectivity index (χ3n) is 8.33. The highest BCUT2D eigenvalue weighted by atomic mass is 32.2. The fourth-order valence-corrected chi connectivity index (χ4v) is 5.57. The quantitative estimate of drug-likeness (QED) is 0.0776. The number of methoxy groups -OCH3 is 1. The molecule has 5 rings (SSSR count). The van der Waals surface area contributed by atoms with Crippen LogP contribution in [0.15, 0.2) is 84.1 Å². The first kappa shape index (κ1) is 45.7. The van der Waals surface area contributed by atoms with E-state index in [0.717, 1.165) is 42.8 Å². The number of aryl methyl sites for hydroxylation is 1. The Kier molecular flexibility index (Phi) is 20.0. The van der Waals surface area contributed by atoms with Crippen LogP contribution in [-0.2, 0) is 17.9 Å². The van der Waals surface area contributed by atoms with Crippen molar-refractivity contribution < 1.29 is 23.3 Å². The maximum atomic E-state index is 12.5. The van der Waals surface area contributed by atoms with E-state index in [9.17, 15) is 14.4 Å². The lowest BCUT2D eigenvalue weighted by atomic mass is 10.00. The van der Waals surface area contributed by atoms with Gasteiger partial charge in [-0.3, -0.25) is 14.4 Å². The number of allylic oxidation sites excluding steroid dienone is 1. The Morgan fingerprint density at radius 2 is 1.58 bits per heavy atom. The SMILES string of the molecule is C/C(N)=C(\C)C(N)=O.CCC.COc1ccccc1C(=O)NCc1ccc(-c2nn(CC3CCCNC3)c(N)c2C(N)=O)cc1.CSOc1ccccc1C. The topological polar surface area (TPSA) is 216 Å². The summed E-state index contributed by atoms with van der Waals surface area (Å²) in [7, 11) is 1.53. The number of nitrogen functional groups attached to an aromatic ring is 1. The van der Waals surface area contributed by atoms with Gasteiger partial charge >= 0.3 is 0 Å². The summed E-state index contributed by atoms with van der Waals surface area (Å²) in [5, 5.41) is 10.9. The maximum Gasteiger partial charge on any atom is 0.255 e. The van der Waals surface area contributed by atoms with Gasteiger partial charge in [0.25, 0.3) is 11.8 Å². The van der Waals surface area contributed by atoms with E-state index in [-0.39, 0.29) is 11.5 Å². The van der Waals surface area contributed by atoms with Crippen LogP contribution >= 0.6 is 12.0 Å². The van der Waals surface area contributed by atoms with Crippen LogP contribution in [0.2, 0.25) is 0 Å². The molecule has 3 aromatic carbocycles. The second-order valence-corrected chi connectivity index (χ2v) is 13.3. The van der Waals surface area contributed by atoms with Crippen molar-refractivity contribution in [2.24, 2.45) is 23.1 Å². The molecule has 3 amide bonds. The van der Waals surface area contributed by atoms with E-state index in [4.69, 9.17) is 31.9 Å². The summed E-state index contributed by atoms with van der Waals surface area (Å²) in [5.41, 5.74) is 26.9. The smallest absolute Gasteiger partial charge is 0.255 e. The molecule has 0 aliphatic carbocycles. The van der Waals surface area contributed by atoms with Gasteiger partial charge in [-0.2, -0.15) is 5.10 Å². The number of nitrogens with zero attached hydrogens (tertiary/aromatic N) is 2. The Hall–Kier alpha value is -5.47. The number of para-hydroxylation sites is 2. The fraction of sp³-hybridized carbons (Fsp3) is 0.366. The van der Waals surface area contributed by atoms with Gasteiger partial charge in [0.1, 0.15) is 28.6 Å². The number of hydrogen-bond acceptors (Lipinski definition) is 10. The molecule has 298 valence electrons. The van der Waals surface area contributed by atoms with Gasteiger partial charge in [-0.15, -0.1) is 0 Å². The summed E-state index contributed by atoms with van der Waals surface area (Å²) >= 11 is 1.37. The van der Waals surface area contributed by atoms with Crippen LogP contribution in [0, 0.1) is 12.8 Å². The van der Waals surface area contributed by atoms with Gasteiger partial charge < -0.3 is 42.5 Å². The number of nitrogens with two attached hydrogens (primary N) is 4. The molecule has 1 atom stereocenters. The molecular weight excluding hydrogens is 717 g/mol. The van der Waals surface area contributed by atoms with Crippen molar-refractivity contribution in [2.45, 2.75) is 67.0 Å². The number of amides is 3. The number of rotatable bonds is 11. The zero-order valence-electron chi connectivity index (χ0n) is 33.1. The van der Waals surface area contributed by atoms with Crippen molar-refractivity contribution in [3.63, 3.8) is 0 Å². The molecule has 0 radical (unpaired) electrons. The minimum atomic E-state index is -0.603.